The minimum absolute atomic E-state index is 0.0482. The molecule has 0 bridgehead atoms. The van der Waals surface area contributed by atoms with E-state index in [2.05, 4.69) is 10.3 Å². The molecule has 0 spiro atoms. The van der Waals surface area contributed by atoms with Gasteiger partial charge in [0.15, 0.2) is 0 Å². The van der Waals surface area contributed by atoms with Gasteiger partial charge in [0.25, 0.3) is 5.91 Å². The van der Waals surface area contributed by atoms with Crippen molar-refractivity contribution < 1.29 is 14.1 Å². The molecule has 1 aliphatic heterocycles. The van der Waals surface area contributed by atoms with E-state index in [1.54, 1.807) is 37.4 Å². The number of carbonyl (C=O) groups excluding carboxylic acids is 1. The molecule has 3 rings (SSSR count). The molecule has 1 aromatic heterocycles. The molecule has 1 N–H and O–H groups in total. The number of ether oxygens (including phenoxy) is 1. The minimum Gasteiger partial charge on any atom is -0.354 e. The van der Waals surface area contributed by atoms with Gasteiger partial charge in [-0.1, -0.05) is 36.4 Å². The monoisotopic (exact) mass is 476 g/mol. The summed E-state index contributed by atoms with van der Waals surface area (Å²) in [6, 6.07) is 10.8. The highest BCUT2D eigenvalue weighted by molar-refractivity contribution is 7.80. The fourth-order valence-corrected chi connectivity index (χ4v) is 5.56. The van der Waals surface area contributed by atoms with Crippen LogP contribution < -0.4 is 11.0 Å². The highest BCUT2D eigenvalue weighted by atomic mass is 35.7. The zero-order valence-electron chi connectivity index (χ0n) is 18.0. The molecule has 8 nitrogen and oxygen atoms in total. The predicted octanol–water partition coefficient (Wildman–Crippen LogP) is 4.60. The first-order valence-electron chi connectivity index (χ1n) is 10.5. The predicted molar refractivity (Wildman–Crippen MR) is 124 cm³/mol. The van der Waals surface area contributed by atoms with Crippen LogP contribution >= 0.6 is 18.7 Å². The maximum atomic E-state index is 12.7. The van der Waals surface area contributed by atoms with Gasteiger partial charge in [-0.3, -0.25) is 9.36 Å². The molecule has 0 radical (unpaired) electrons. The van der Waals surface area contributed by atoms with E-state index in [4.69, 9.17) is 25.8 Å². The lowest BCUT2D eigenvalue weighted by Gasteiger charge is -2.18. The van der Waals surface area contributed by atoms with Crippen LogP contribution in [0.25, 0.3) is 0 Å². The Morgan fingerprint density at radius 3 is 2.88 bits per heavy atom. The first-order valence-corrected chi connectivity index (χ1v) is 12.8. The summed E-state index contributed by atoms with van der Waals surface area (Å²) in [6.45, 7) is 4.13. The minimum atomic E-state index is -1.18. The lowest BCUT2D eigenvalue weighted by Crippen LogP contribution is -2.29. The standard InChI is InChI=1S/C22H26ClN4O4P/c1-3-18-17(14-32(23)30-11-7-10-24)12-19(31-18)27-13-15(2)20(26-22(27)29)25-21(28)16-8-5-4-6-9-16/h4-6,8-9,13,17-19H,3,7,11-12,14H2,1-2H3,(H,25,26,28,29). The number of amides is 1. The Morgan fingerprint density at radius 1 is 1.44 bits per heavy atom. The van der Waals surface area contributed by atoms with Crippen LogP contribution in [0.4, 0.5) is 5.82 Å². The van der Waals surface area contributed by atoms with Crippen molar-refractivity contribution >= 4 is 30.5 Å². The fraction of sp³-hybridized carbons (Fsp3) is 0.455. The lowest BCUT2D eigenvalue weighted by atomic mass is 10.0. The summed E-state index contributed by atoms with van der Waals surface area (Å²) in [5, 5.41) is 11.3. The molecule has 1 fully saturated rings. The largest absolute Gasteiger partial charge is 0.354 e. The Kier molecular flexibility index (Phi) is 8.77. The molecule has 0 aliphatic carbocycles. The third-order valence-corrected chi connectivity index (χ3v) is 7.23. The van der Waals surface area contributed by atoms with E-state index in [0.29, 0.717) is 36.7 Å². The number of hydrogen-bond donors (Lipinski definition) is 1. The molecule has 4 unspecified atom stereocenters. The summed E-state index contributed by atoms with van der Waals surface area (Å²) in [7, 11) is -1.18. The Balaban J connectivity index is 1.70. The number of nitrogens with zero attached hydrogens (tertiary/aromatic N) is 3. The zero-order chi connectivity index (χ0) is 23.1. The number of benzene rings is 1. The molecule has 2 heterocycles. The van der Waals surface area contributed by atoms with E-state index in [1.807, 2.05) is 19.1 Å². The van der Waals surface area contributed by atoms with Crippen LogP contribution in [0.15, 0.2) is 41.3 Å². The topological polar surface area (TPSA) is 106 Å². The maximum Gasteiger partial charge on any atom is 0.351 e. The molecular formula is C22H26ClN4O4P. The van der Waals surface area contributed by atoms with Gasteiger partial charge in [-0.05, 0) is 37.8 Å². The summed E-state index contributed by atoms with van der Waals surface area (Å²) < 4.78 is 13.2. The normalized spacial score (nSPS) is 21.1. The summed E-state index contributed by atoms with van der Waals surface area (Å²) >= 11 is 6.35. The van der Waals surface area contributed by atoms with Crippen molar-refractivity contribution in [1.29, 1.82) is 5.26 Å². The van der Waals surface area contributed by atoms with Crippen LogP contribution in [0.1, 0.15) is 48.3 Å². The molecule has 32 heavy (non-hydrogen) atoms. The van der Waals surface area contributed by atoms with Crippen LogP contribution in [-0.4, -0.2) is 34.3 Å². The fourth-order valence-electron chi connectivity index (χ4n) is 3.68. The van der Waals surface area contributed by atoms with Crippen molar-refractivity contribution in [1.82, 2.24) is 9.55 Å². The van der Waals surface area contributed by atoms with Gasteiger partial charge in [0, 0.05) is 23.5 Å². The van der Waals surface area contributed by atoms with Gasteiger partial charge >= 0.3 is 5.69 Å². The molecule has 1 saturated heterocycles. The average Bonchev–Trinajstić information content (AvgIpc) is 3.19. The smallest absolute Gasteiger partial charge is 0.351 e. The number of nitrogens with one attached hydrogen (secondary N) is 1. The number of halogens is 1. The Morgan fingerprint density at radius 2 is 2.19 bits per heavy atom. The Labute approximate surface area is 193 Å². The summed E-state index contributed by atoms with van der Waals surface area (Å²) in [5.74, 6) is 0.0469. The van der Waals surface area contributed by atoms with Gasteiger partial charge in [0.2, 0.25) is 0 Å². The van der Waals surface area contributed by atoms with Gasteiger partial charge in [0.1, 0.15) is 19.5 Å². The van der Waals surface area contributed by atoms with Gasteiger partial charge in [-0.2, -0.15) is 10.2 Å². The van der Waals surface area contributed by atoms with Crippen LogP contribution in [0.5, 0.6) is 0 Å². The van der Waals surface area contributed by atoms with E-state index < -0.39 is 19.4 Å². The number of rotatable bonds is 9. The lowest BCUT2D eigenvalue weighted by molar-refractivity contribution is -0.00741. The van der Waals surface area contributed by atoms with Crippen molar-refractivity contribution in [2.75, 3.05) is 18.1 Å². The molecule has 4 atom stereocenters. The molecule has 170 valence electrons. The van der Waals surface area contributed by atoms with Gasteiger partial charge in [-0.25, -0.2) is 4.79 Å². The van der Waals surface area contributed by atoms with Crippen molar-refractivity contribution in [2.45, 2.75) is 45.4 Å². The highest BCUT2D eigenvalue weighted by Crippen LogP contribution is 2.49. The van der Waals surface area contributed by atoms with Crippen LogP contribution in [-0.2, 0) is 9.26 Å². The summed E-state index contributed by atoms with van der Waals surface area (Å²) in [5.41, 5.74) is 0.659. The van der Waals surface area contributed by atoms with Crippen molar-refractivity contribution in [3.05, 3.63) is 58.1 Å². The van der Waals surface area contributed by atoms with E-state index in [9.17, 15) is 9.59 Å². The number of nitriles is 1. The number of aryl methyl sites for hydroxylation is 1. The third kappa shape index (κ3) is 6.14. The molecular weight excluding hydrogens is 451 g/mol. The van der Waals surface area contributed by atoms with E-state index in [-0.39, 0.29) is 23.7 Å². The van der Waals surface area contributed by atoms with E-state index >= 15 is 0 Å². The number of aromatic nitrogens is 2. The molecule has 1 aliphatic rings. The zero-order valence-corrected chi connectivity index (χ0v) is 19.7. The van der Waals surface area contributed by atoms with Crippen LogP contribution in [0.3, 0.4) is 0 Å². The Hall–Kier alpha value is -2.30. The summed E-state index contributed by atoms with van der Waals surface area (Å²) in [4.78, 5) is 29.2. The second kappa shape index (κ2) is 11.5. The summed E-state index contributed by atoms with van der Waals surface area (Å²) in [6.07, 6.45) is 3.50. The van der Waals surface area contributed by atoms with Gasteiger partial charge < -0.3 is 14.6 Å². The third-order valence-electron chi connectivity index (χ3n) is 5.30. The number of hydrogen-bond acceptors (Lipinski definition) is 6. The van der Waals surface area contributed by atoms with Crippen molar-refractivity contribution in [3.63, 3.8) is 0 Å². The molecule has 10 heteroatoms. The van der Waals surface area contributed by atoms with E-state index in [1.165, 1.54) is 4.57 Å². The quantitative estimate of drug-likeness (QED) is 0.419. The maximum absolute atomic E-state index is 12.7. The van der Waals surface area contributed by atoms with Crippen molar-refractivity contribution in [2.24, 2.45) is 5.92 Å². The highest BCUT2D eigenvalue weighted by Gasteiger charge is 2.37. The first-order chi connectivity index (χ1) is 15.4. The van der Waals surface area contributed by atoms with Gasteiger partial charge in [0.05, 0.1) is 25.2 Å². The molecule has 1 aromatic carbocycles. The number of carbonyl (C=O) groups is 1. The van der Waals surface area contributed by atoms with Crippen LogP contribution in [0.2, 0.25) is 0 Å². The second-order valence-electron chi connectivity index (χ2n) is 7.56. The Bertz CT molecular complexity index is 1030. The van der Waals surface area contributed by atoms with Crippen LogP contribution in [0, 0.1) is 24.2 Å². The average molecular weight is 477 g/mol. The van der Waals surface area contributed by atoms with E-state index in [0.717, 1.165) is 6.42 Å². The second-order valence-corrected chi connectivity index (χ2v) is 9.95. The van der Waals surface area contributed by atoms with Crippen molar-refractivity contribution in [3.8, 4) is 6.07 Å². The SMILES string of the molecule is CCC1OC(n2cc(C)c(NC(=O)c3ccccc3)nc2=O)CC1CP(Cl)OCCC#N. The molecule has 0 saturated carbocycles. The van der Waals surface area contributed by atoms with Gasteiger partial charge in [-0.15, -0.1) is 0 Å². The first kappa shape index (κ1) is 24.3. The number of anilines is 1. The molecule has 1 amide bonds. The molecule has 2 aromatic rings.